The van der Waals surface area contributed by atoms with Crippen LogP contribution in [0.15, 0.2) is 67.3 Å². The summed E-state index contributed by atoms with van der Waals surface area (Å²) in [6, 6.07) is 14.0. The van der Waals surface area contributed by atoms with Crippen LogP contribution in [-0.4, -0.2) is 32.4 Å². The zero-order valence-electron chi connectivity index (χ0n) is 16.9. The molecule has 31 heavy (non-hydrogen) atoms. The highest BCUT2D eigenvalue weighted by atomic mass is 79.9. The maximum absolute atomic E-state index is 13.5. The second-order valence-electron chi connectivity index (χ2n) is 7.62. The molecule has 162 valence electrons. The number of hydrogen-bond donors (Lipinski definition) is 1. The van der Waals surface area contributed by atoms with Gasteiger partial charge >= 0.3 is 0 Å². The monoisotopic (exact) mass is 503 g/mol. The molecule has 1 aromatic heterocycles. The first-order valence-electron chi connectivity index (χ1n) is 9.88. The lowest BCUT2D eigenvalue weighted by molar-refractivity contribution is -0.122. The van der Waals surface area contributed by atoms with Gasteiger partial charge in [0.05, 0.1) is 4.90 Å². The van der Waals surface area contributed by atoms with Crippen LogP contribution in [0.4, 0.5) is 5.88 Å². The molecule has 3 aromatic rings. The molecule has 0 bridgehead atoms. The van der Waals surface area contributed by atoms with E-state index in [-0.39, 0.29) is 33.5 Å². The molecule has 7 nitrogen and oxygen atoms in total. The van der Waals surface area contributed by atoms with Crippen LogP contribution < -0.4 is 10.6 Å². The number of aryl methyl sites for hydroxylation is 1. The number of benzene rings is 2. The number of halogens is 1. The quantitative estimate of drug-likeness (QED) is 0.564. The summed E-state index contributed by atoms with van der Waals surface area (Å²) in [4.78, 5) is 17.9. The first kappa shape index (κ1) is 21.6. The van der Waals surface area contributed by atoms with Gasteiger partial charge in [-0.1, -0.05) is 33.6 Å². The molecular formula is C22H22BrN3O4S. The summed E-state index contributed by atoms with van der Waals surface area (Å²) in [6.07, 6.45) is 1.07. The number of carbonyl (C=O) groups excluding carboxylic acids is 1. The summed E-state index contributed by atoms with van der Waals surface area (Å²) >= 11 is 3.33. The fourth-order valence-corrected chi connectivity index (χ4v) is 5.25. The van der Waals surface area contributed by atoms with Gasteiger partial charge in [0.2, 0.25) is 32.5 Å². The largest absolute Gasteiger partial charge is 0.419 e. The van der Waals surface area contributed by atoms with E-state index < -0.39 is 9.84 Å². The van der Waals surface area contributed by atoms with Gasteiger partial charge in [-0.15, -0.1) is 0 Å². The van der Waals surface area contributed by atoms with E-state index in [1.807, 2.05) is 36.1 Å². The van der Waals surface area contributed by atoms with E-state index in [4.69, 9.17) is 10.2 Å². The Kier molecular flexibility index (Phi) is 5.90. The Hall–Kier alpha value is -2.65. The molecule has 2 heterocycles. The first-order chi connectivity index (χ1) is 14.8. The third-order valence-electron chi connectivity index (χ3n) is 5.41. The zero-order chi connectivity index (χ0) is 22.2. The van der Waals surface area contributed by atoms with Gasteiger partial charge in [-0.25, -0.2) is 8.42 Å². The van der Waals surface area contributed by atoms with Crippen molar-refractivity contribution in [2.24, 2.45) is 11.7 Å². The van der Waals surface area contributed by atoms with Gasteiger partial charge in [0.15, 0.2) is 0 Å². The van der Waals surface area contributed by atoms with E-state index in [1.54, 1.807) is 12.1 Å². The summed E-state index contributed by atoms with van der Waals surface area (Å²) in [7, 11) is -3.92. The molecule has 1 aliphatic rings. The molecule has 0 saturated carbocycles. The third-order valence-corrected chi connectivity index (χ3v) is 7.60. The lowest BCUT2D eigenvalue weighted by Gasteiger charge is -2.30. The predicted octanol–water partition coefficient (Wildman–Crippen LogP) is 3.95. The van der Waals surface area contributed by atoms with Crippen molar-refractivity contribution in [3.63, 3.8) is 0 Å². The summed E-state index contributed by atoms with van der Waals surface area (Å²) in [5.74, 6) is -0.115. The van der Waals surface area contributed by atoms with Crippen molar-refractivity contribution >= 4 is 37.6 Å². The highest BCUT2D eigenvalue weighted by Crippen LogP contribution is 2.36. The molecule has 1 fully saturated rings. The van der Waals surface area contributed by atoms with Gasteiger partial charge in [-0.05, 0) is 56.2 Å². The van der Waals surface area contributed by atoms with E-state index >= 15 is 0 Å². The van der Waals surface area contributed by atoms with Crippen molar-refractivity contribution in [1.82, 2.24) is 4.98 Å². The van der Waals surface area contributed by atoms with Crippen LogP contribution in [-0.2, 0) is 14.6 Å². The minimum Gasteiger partial charge on any atom is -0.419 e. The molecule has 1 saturated heterocycles. The smallest absolute Gasteiger partial charge is 0.236 e. The van der Waals surface area contributed by atoms with Crippen LogP contribution in [0.3, 0.4) is 0 Å². The molecule has 1 aliphatic heterocycles. The number of carbonyl (C=O) groups is 1. The van der Waals surface area contributed by atoms with Gasteiger partial charge < -0.3 is 15.1 Å². The van der Waals surface area contributed by atoms with Crippen LogP contribution >= 0.6 is 15.9 Å². The number of hydrogen-bond acceptors (Lipinski definition) is 6. The normalized spacial score (nSPS) is 15.2. The Bertz CT molecular complexity index is 1210. The average Bonchev–Trinajstić information content (AvgIpc) is 3.21. The predicted molar refractivity (Wildman–Crippen MR) is 120 cm³/mol. The van der Waals surface area contributed by atoms with E-state index in [0.29, 0.717) is 31.5 Å². The highest BCUT2D eigenvalue weighted by Gasteiger charge is 2.34. The van der Waals surface area contributed by atoms with Crippen LogP contribution in [0, 0.1) is 12.8 Å². The maximum atomic E-state index is 13.5. The lowest BCUT2D eigenvalue weighted by Crippen LogP contribution is -2.38. The number of amides is 1. The summed E-state index contributed by atoms with van der Waals surface area (Å²) in [5.41, 5.74) is 7.15. The number of nitrogens with two attached hydrogens (primary N) is 1. The Morgan fingerprint density at radius 1 is 1.16 bits per heavy atom. The molecule has 1 amide bonds. The van der Waals surface area contributed by atoms with Gasteiger partial charge in [-0.3, -0.25) is 4.79 Å². The number of nitrogens with zero attached hydrogens (tertiary/aromatic N) is 2. The molecule has 0 spiro atoms. The Labute approximate surface area is 189 Å². The van der Waals surface area contributed by atoms with Crippen molar-refractivity contribution < 1.29 is 17.6 Å². The van der Waals surface area contributed by atoms with Crippen LogP contribution in [0.2, 0.25) is 0 Å². The topological polar surface area (TPSA) is 107 Å². The Morgan fingerprint density at radius 2 is 1.84 bits per heavy atom. The van der Waals surface area contributed by atoms with Gasteiger partial charge in [0.25, 0.3) is 0 Å². The van der Waals surface area contributed by atoms with Gasteiger partial charge in [-0.2, -0.15) is 4.98 Å². The second kappa shape index (κ2) is 8.47. The van der Waals surface area contributed by atoms with Crippen LogP contribution in [0.5, 0.6) is 0 Å². The number of primary amides is 1. The minimum absolute atomic E-state index is 0.121. The zero-order valence-corrected chi connectivity index (χ0v) is 19.3. The number of anilines is 1. The number of sulfone groups is 1. The summed E-state index contributed by atoms with van der Waals surface area (Å²) < 4.78 is 33.7. The molecule has 0 unspecified atom stereocenters. The molecule has 0 aliphatic carbocycles. The van der Waals surface area contributed by atoms with Crippen molar-refractivity contribution in [3.05, 3.63) is 58.6 Å². The fraction of sp³-hybridized carbons (Fsp3) is 0.273. The second-order valence-corrected chi connectivity index (χ2v) is 10.4. The standard InChI is InChI=1S/C22H22BrN3O4S/c1-14-3-2-4-16(13-14)20-25-21(31(28,29)18-7-5-17(23)6-8-18)22(30-20)26-11-9-15(10-12-26)19(24)27/h2-8,13,15H,9-12H2,1H3,(H2,24,27). The Balaban J connectivity index is 1.79. The molecular weight excluding hydrogens is 482 g/mol. The maximum Gasteiger partial charge on any atom is 0.236 e. The minimum atomic E-state index is -3.92. The third kappa shape index (κ3) is 4.38. The summed E-state index contributed by atoms with van der Waals surface area (Å²) in [5, 5.41) is -0.121. The number of piperidine rings is 1. The SMILES string of the molecule is Cc1cccc(-c2nc(S(=O)(=O)c3ccc(Br)cc3)c(N3CCC(C(N)=O)CC3)o2)c1. The number of oxazole rings is 1. The van der Waals surface area contributed by atoms with Crippen molar-refractivity contribution in [2.45, 2.75) is 29.7 Å². The number of aromatic nitrogens is 1. The van der Waals surface area contributed by atoms with Gasteiger partial charge in [0.1, 0.15) is 0 Å². The van der Waals surface area contributed by atoms with Gasteiger partial charge in [0, 0.05) is 29.0 Å². The molecule has 0 radical (unpaired) electrons. The van der Waals surface area contributed by atoms with E-state index in [2.05, 4.69) is 20.9 Å². The fourth-order valence-electron chi connectivity index (χ4n) is 3.67. The first-order valence-corrected chi connectivity index (χ1v) is 12.2. The molecule has 2 N–H and O–H groups in total. The molecule has 0 atom stereocenters. The van der Waals surface area contributed by atoms with Crippen molar-refractivity contribution in [1.29, 1.82) is 0 Å². The summed E-state index contributed by atoms with van der Waals surface area (Å²) in [6.45, 7) is 2.86. The van der Waals surface area contributed by atoms with Crippen LogP contribution in [0.1, 0.15) is 18.4 Å². The average molecular weight is 504 g/mol. The molecule has 4 rings (SSSR count). The van der Waals surface area contributed by atoms with Crippen LogP contribution in [0.25, 0.3) is 11.5 Å². The molecule has 2 aromatic carbocycles. The van der Waals surface area contributed by atoms with E-state index in [1.165, 1.54) is 12.1 Å². The van der Waals surface area contributed by atoms with Crippen molar-refractivity contribution in [3.8, 4) is 11.5 Å². The highest BCUT2D eigenvalue weighted by molar-refractivity contribution is 9.10. The van der Waals surface area contributed by atoms with E-state index in [0.717, 1.165) is 10.0 Å². The van der Waals surface area contributed by atoms with E-state index in [9.17, 15) is 13.2 Å². The number of rotatable bonds is 5. The lowest BCUT2D eigenvalue weighted by atomic mass is 9.96. The van der Waals surface area contributed by atoms with Crippen molar-refractivity contribution in [2.75, 3.05) is 18.0 Å². The Morgan fingerprint density at radius 3 is 2.45 bits per heavy atom. The molecule has 9 heteroatoms.